The molecule has 0 aliphatic heterocycles. The monoisotopic (exact) mass is 242 g/mol. The van der Waals surface area contributed by atoms with E-state index in [4.69, 9.17) is 5.73 Å². The van der Waals surface area contributed by atoms with Crippen LogP contribution in [-0.2, 0) is 6.42 Å². The number of benzene rings is 1. The highest BCUT2D eigenvalue weighted by Gasteiger charge is 2.01. The molecule has 0 spiro atoms. The summed E-state index contributed by atoms with van der Waals surface area (Å²) in [6.45, 7) is 3.45. The molecule has 94 valence electrons. The van der Waals surface area contributed by atoms with Crippen molar-refractivity contribution < 1.29 is 0 Å². The van der Waals surface area contributed by atoms with E-state index in [2.05, 4.69) is 46.5 Å². The molecule has 4 heteroatoms. The van der Waals surface area contributed by atoms with Crippen molar-refractivity contribution >= 4 is 5.82 Å². The minimum atomic E-state index is 0.588. The van der Waals surface area contributed by atoms with Gasteiger partial charge in [0.25, 0.3) is 0 Å². The Morgan fingerprint density at radius 3 is 2.61 bits per heavy atom. The molecule has 0 bridgehead atoms. The number of hydrogen-bond donors (Lipinski definition) is 2. The van der Waals surface area contributed by atoms with Gasteiger partial charge in [-0.3, -0.25) is 0 Å². The Morgan fingerprint density at radius 1 is 1.17 bits per heavy atom. The summed E-state index contributed by atoms with van der Waals surface area (Å²) in [6.07, 6.45) is 2.62. The van der Waals surface area contributed by atoms with Gasteiger partial charge < -0.3 is 11.1 Å². The van der Waals surface area contributed by atoms with Gasteiger partial charge in [0, 0.05) is 24.7 Å². The fourth-order valence-corrected chi connectivity index (χ4v) is 1.72. The molecular formula is C14H18N4. The molecule has 0 saturated heterocycles. The second-order valence-corrected chi connectivity index (χ2v) is 4.05. The molecule has 1 heterocycles. The first-order chi connectivity index (χ1) is 8.83. The molecule has 0 aliphatic rings. The smallest absolute Gasteiger partial charge is 0.129 e. The maximum Gasteiger partial charge on any atom is 0.129 e. The summed E-state index contributed by atoms with van der Waals surface area (Å²) >= 11 is 0. The number of aromatic nitrogens is 2. The van der Waals surface area contributed by atoms with Crippen LogP contribution in [0.2, 0.25) is 0 Å². The van der Waals surface area contributed by atoms with E-state index >= 15 is 0 Å². The third kappa shape index (κ3) is 3.05. The Kier molecular flexibility index (Phi) is 4.25. The van der Waals surface area contributed by atoms with E-state index in [1.54, 1.807) is 6.33 Å². The summed E-state index contributed by atoms with van der Waals surface area (Å²) in [5.74, 6) is 0.810. The molecule has 0 radical (unpaired) electrons. The third-order valence-corrected chi connectivity index (χ3v) is 2.78. The Balaban J connectivity index is 2.20. The van der Waals surface area contributed by atoms with Gasteiger partial charge in [0.05, 0.1) is 5.69 Å². The van der Waals surface area contributed by atoms with E-state index in [-0.39, 0.29) is 0 Å². The van der Waals surface area contributed by atoms with Crippen molar-refractivity contribution in [2.24, 2.45) is 5.73 Å². The predicted octanol–water partition coefficient (Wildman–Crippen LogP) is 2.08. The first-order valence-electron chi connectivity index (χ1n) is 6.18. The van der Waals surface area contributed by atoms with E-state index in [0.717, 1.165) is 23.5 Å². The van der Waals surface area contributed by atoms with Gasteiger partial charge in [0.1, 0.15) is 12.1 Å². The molecule has 18 heavy (non-hydrogen) atoms. The lowest BCUT2D eigenvalue weighted by Gasteiger charge is -2.06. The first kappa shape index (κ1) is 12.5. The van der Waals surface area contributed by atoms with Crippen molar-refractivity contribution in [2.45, 2.75) is 13.3 Å². The normalized spacial score (nSPS) is 10.3. The van der Waals surface area contributed by atoms with Crippen LogP contribution in [0.15, 0.2) is 36.7 Å². The number of hydrogen-bond acceptors (Lipinski definition) is 4. The molecule has 1 aromatic carbocycles. The third-order valence-electron chi connectivity index (χ3n) is 2.78. The van der Waals surface area contributed by atoms with E-state index in [1.165, 1.54) is 5.56 Å². The van der Waals surface area contributed by atoms with Gasteiger partial charge in [0.15, 0.2) is 0 Å². The number of nitrogens with zero attached hydrogens (tertiary/aromatic N) is 2. The van der Waals surface area contributed by atoms with E-state index in [9.17, 15) is 0 Å². The van der Waals surface area contributed by atoms with Crippen LogP contribution >= 0.6 is 0 Å². The lowest BCUT2D eigenvalue weighted by atomic mass is 10.1. The molecular weight excluding hydrogens is 224 g/mol. The van der Waals surface area contributed by atoms with Crippen LogP contribution in [0.4, 0.5) is 5.82 Å². The summed E-state index contributed by atoms with van der Waals surface area (Å²) in [5, 5.41) is 3.15. The van der Waals surface area contributed by atoms with Crippen molar-refractivity contribution in [2.75, 3.05) is 18.4 Å². The van der Waals surface area contributed by atoms with Gasteiger partial charge in [-0.1, -0.05) is 31.2 Å². The van der Waals surface area contributed by atoms with Gasteiger partial charge in [-0.05, 0) is 12.0 Å². The second kappa shape index (κ2) is 6.12. The van der Waals surface area contributed by atoms with E-state index in [0.29, 0.717) is 13.1 Å². The maximum absolute atomic E-state index is 5.45. The fourth-order valence-electron chi connectivity index (χ4n) is 1.72. The zero-order chi connectivity index (χ0) is 12.8. The molecule has 0 atom stereocenters. The van der Waals surface area contributed by atoms with Gasteiger partial charge in [-0.15, -0.1) is 0 Å². The first-order valence-corrected chi connectivity index (χ1v) is 6.18. The van der Waals surface area contributed by atoms with Crippen molar-refractivity contribution in [1.82, 2.24) is 9.97 Å². The minimum absolute atomic E-state index is 0.588. The summed E-state index contributed by atoms with van der Waals surface area (Å²) in [7, 11) is 0. The molecule has 4 nitrogen and oxygen atoms in total. The minimum Gasteiger partial charge on any atom is -0.369 e. The lowest BCUT2D eigenvalue weighted by Crippen LogP contribution is -2.13. The van der Waals surface area contributed by atoms with Crippen LogP contribution in [0.25, 0.3) is 11.3 Å². The molecule has 0 unspecified atom stereocenters. The summed E-state index contributed by atoms with van der Waals surface area (Å²) in [6, 6.07) is 10.4. The largest absolute Gasteiger partial charge is 0.369 e. The zero-order valence-corrected chi connectivity index (χ0v) is 10.6. The quantitative estimate of drug-likeness (QED) is 0.842. The number of nitrogens with one attached hydrogen (secondary N) is 1. The number of aryl methyl sites for hydroxylation is 1. The van der Waals surface area contributed by atoms with Crippen LogP contribution in [-0.4, -0.2) is 23.1 Å². The van der Waals surface area contributed by atoms with Crippen molar-refractivity contribution in [3.63, 3.8) is 0 Å². The van der Waals surface area contributed by atoms with Gasteiger partial charge in [0.2, 0.25) is 0 Å². The average Bonchev–Trinajstić information content (AvgIpc) is 2.45. The topological polar surface area (TPSA) is 63.8 Å². The van der Waals surface area contributed by atoms with Crippen molar-refractivity contribution in [3.05, 3.63) is 42.2 Å². The zero-order valence-electron chi connectivity index (χ0n) is 10.6. The predicted molar refractivity (Wildman–Crippen MR) is 74.4 cm³/mol. The molecule has 0 saturated carbocycles. The molecule has 0 aliphatic carbocycles. The Hall–Kier alpha value is -1.94. The summed E-state index contributed by atoms with van der Waals surface area (Å²) in [5.41, 5.74) is 8.81. The molecule has 2 rings (SSSR count). The van der Waals surface area contributed by atoms with E-state index in [1.807, 2.05) is 6.07 Å². The summed E-state index contributed by atoms with van der Waals surface area (Å²) in [4.78, 5) is 8.45. The van der Waals surface area contributed by atoms with E-state index < -0.39 is 0 Å². The highest BCUT2D eigenvalue weighted by molar-refractivity contribution is 5.62. The molecule has 2 aromatic rings. The Morgan fingerprint density at radius 2 is 1.94 bits per heavy atom. The van der Waals surface area contributed by atoms with Crippen LogP contribution in [0.5, 0.6) is 0 Å². The van der Waals surface area contributed by atoms with Crippen LogP contribution in [0.1, 0.15) is 12.5 Å². The highest BCUT2D eigenvalue weighted by atomic mass is 15.0. The van der Waals surface area contributed by atoms with Crippen molar-refractivity contribution in [3.8, 4) is 11.3 Å². The lowest BCUT2D eigenvalue weighted by molar-refractivity contribution is 1.00. The Bertz CT molecular complexity index is 493. The van der Waals surface area contributed by atoms with Crippen LogP contribution < -0.4 is 11.1 Å². The maximum atomic E-state index is 5.45. The van der Waals surface area contributed by atoms with Crippen molar-refractivity contribution in [1.29, 1.82) is 0 Å². The van der Waals surface area contributed by atoms with Crippen LogP contribution in [0, 0.1) is 0 Å². The number of anilines is 1. The summed E-state index contributed by atoms with van der Waals surface area (Å²) < 4.78 is 0. The number of nitrogens with two attached hydrogens (primary N) is 1. The van der Waals surface area contributed by atoms with Gasteiger partial charge in [-0.25, -0.2) is 9.97 Å². The SMILES string of the molecule is CCc1ccc(-c2cc(NCCN)ncn2)cc1. The Labute approximate surface area is 107 Å². The second-order valence-electron chi connectivity index (χ2n) is 4.05. The standard InChI is InChI=1S/C14H18N4/c1-2-11-3-5-12(6-4-11)13-9-14(16-8-7-15)18-10-17-13/h3-6,9-10H,2,7-8,15H2,1H3,(H,16,17,18). The molecule has 3 N–H and O–H groups in total. The van der Waals surface area contributed by atoms with Gasteiger partial charge >= 0.3 is 0 Å². The fraction of sp³-hybridized carbons (Fsp3) is 0.286. The molecule has 0 fully saturated rings. The highest BCUT2D eigenvalue weighted by Crippen LogP contribution is 2.19. The van der Waals surface area contributed by atoms with Gasteiger partial charge in [-0.2, -0.15) is 0 Å². The number of rotatable bonds is 5. The molecule has 0 amide bonds. The average molecular weight is 242 g/mol. The molecule has 1 aromatic heterocycles. The van der Waals surface area contributed by atoms with Crippen LogP contribution in [0.3, 0.4) is 0 Å².